The quantitative estimate of drug-likeness (QED) is 0.691. The molecule has 1 heterocycles. The molecule has 0 fully saturated rings. The zero-order chi connectivity index (χ0) is 17.6. The van der Waals surface area contributed by atoms with Crippen LogP contribution in [0.2, 0.25) is 0 Å². The van der Waals surface area contributed by atoms with Gasteiger partial charge in [0.05, 0.1) is 5.69 Å². The first-order valence-electron chi connectivity index (χ1n) is 8.22. The van der Waals surface area contributed by atoms with Crippen molar-refractivity contribution in [2.24, 2.45) is 0 Å². The van der Waals surface area contributed by atoms with Gasteiger partial charge in [-0.05, 0) is 36.8 Å². The first-order chi connectivity index (χ1) is 12.1. The van der Waals surface area contributed by atoms with Crippen LogP contribution in [0.25, 0.3) is 0 Å². The lowest BCUT2D eigenvalue weighted by Gasteiger charge is -2.19. The smallest absolute Gasteiger partial charge is 0.247 e. The highest BCUT2D eigenvalue weighted by atomic mass is 16.2. The molecule has 4 heteroatoms. The highest BCUT2D eigenvalue weighted by Gasteiger charge is 2.21. The maximum Gasteiger partial charge on any atom is 0.247 e. The largest absolute Gasteiger partial charge is 0.342 e. The minimum absolute atomic E-state index is 0.0727. The lowest BCUT2D eigenvalue weighted by Crippen LogP contribution is -2.27. The molecule has 1 N–H and O–H groups in total. The Morgan fingerprint density at radius 1 is 0.920 bits per heavy atom. The van der Waals surface area contributed by atoms with Crippen molar-refractivity contribution >= 4 is 17.4 Å². The Hall–Kier alpha value is -3.14. The number of anilines is 1. The molecular weight excluding hydrogens is 312 g/mol. The van der Waals surface area contributed by atoms with E-state index in [1.165, 1.54) is 6.92 Å². The van der Waals surface area contributed by atoms with Crippen LogP contribution in [0.3, 0.4) is 0 Å². The fourth-order valence-corrected chi connectivity index (χ4v) is 2.84. The molecule has 3 rings (SSSR count). The number of benzene rings is 2. The number of amides is 1. The normalized spacial score (nSPS) is 11.7. The lowest BCUT2D eigenvalue weighted by atomic mass is 10.0. The monoisotopic (exact) mass is 332 g/mol. The van der Waals surface area contributed by atoms with Crippen LogP contribution in [0.1, 0.15) is 28.9 Å². The Kier molecular flexibility index (Phi) is 5.09. The Morgan fingerprint density at radius 2 is 1.56 bits per heavy atom. The summed E-state index contributed by atoms with van der Waals surface area (Å²) in [5.74, 6) is -0.217. The zero-order valence-electron chi connectivity index (χ0n) is 14.1. The van der Waals surface area contributed by atoms with Crippen molar-refractivity contribution in [1.82, 2.24) is 4.57 Å². The third kappa shape index (κ3) is 4.04. The van der Waals surface area contributed by atoms with Crippen molar-refractivity contribution in [3.8, 4) is 0 Å². The Balaban J connectivity index is 1.86. The van der Waals surface area contributed by atoms with Gasteiger partial charge >= 0.3 is 0 Å². The van der Waals surface area contributed by atoms with Gasteiger partial charge < -0.3 is 9.88 Å². The minimum Gasteiger partial charge on any atom is -0.342 e. The average Bonchev–Trinajstić information content (AvgIpc) is 3.15. The van der Waals surface area contributed by atoms with Gasteiger partial charge in [0.2, 0.25) is 5.91 Å². The number of carbonyl (C=O) groups excluding carboxylic acids is 2. The summed E-state index contributed by atoms with van der Waals surface area (Å²) in [6.07, 6.45) is 4.33. The van der Waals surface area contributed by atoms with Crippen LogP contribution in [0.5, 0.6) is 0 Å². The van der Waals surface area contributed by atoms with Crippen LogP contribution in [-0.4, -0.2) is 16.3 Å². The molecular formula is C21H20N2O2. The molecule has 0 saturated carbocycles. The van der Waals surface area contributed by atoms with Crippen LogP contribution in [0.4, 0.5) is 5.69 Å². The van der Waals surface area contributed by atoms with E-state index in [2.05, 4.69) is 5.32 Å². The molecule has 2 aromatic carbocycles. The maximum atomic E-state index is 12.9. The minimum atomic E-state index is -0.391. The van der Waals surface area contributed by atoms with Gasteiger partial charge in [0.25, 0.3) is 0 Å². The van der Waals surface area contributed by atoms with E-state index in [0.717, 1.165) is 5.56 Å². The average molecular weight is 332 g/mol. The fourth-order valence-electron chi connectivity index (χ4n) is 2.84. The molecule has 1 aromatic heterocycles. The Bertz CT molecular complexity index is 855. The predicted octanol–water partition coefficient (Wildman–Crippen LogP) is 4.11. The van der Waals surface area contributed by atoms with Gasteiger partial charge in [-0.2, -0.15) is 0 Å². The van der Waals surface area contributed by atoms with Crippen molar-refractivity contribution in [2.45, 2.75) is 19.4 Å². The third-order valence-electron chi connectivity index (χ3n) is 4.13. The molecule has 0 spiro atoms. The highest BCUT2D eigenvalue weighted by molar-refractivity contribution is 6.04. The number of para-hydroxylation sites is 1. The SMILES string of the molecule is CC(=O)c1ccccc1NC(=O)C(Cc1ccccc1)n1cccc1. The standard InChI is InChI=1S/C21H20N2O2/c1-16(24)18-11-5-6-12-19(18)22-21(25)20(23-13-7-8-14-23)15-17-9-3-2-4-10-17/h2-14,20H,15H2,1H3,(H,22,25). The highest BCUT2D eigenvalue weighted by Crippen LogP contribution is 2.20. The summed E-state index contributed by atoms with van der Waals surface area (Å²) in [6, 6.07) is 20.4. The topological polar surface area (TPSA) is 51.1 Å². The number of ketones is 1. The maximum absolute atomic E-state index is 12.9. The molecule has 0 radical (unpaired) electrons. The molecule has 0 aliphatic heterocycles. The number of rotatable bonds is 6. The van der Waals surface area contributed by atoms with Crippen LogP contribution < -0.4 is 5.32 Å². The fraction of sp³-hybridized carbons (Fsp3) is 0.143. The molecule has 3 aromatic rings. The number of nitrogens with zero attached hydrogens (tertiary/aromatic N) is 1. The molecule has 0 aliphatic carbocycles. The summed E-state index contributed by atoms with van der Waals surface area (Å²) >= 11 is 0. The van der Waals surface area contributed by atoms with Crippen molar-refractivity contribution in [3.05, 3.63) is 90.3 Å². The summed E-state index contributed by atoms with van der Waals surface area (Å²) < 4.78 is 1.89. The first-order valence-corrected chi connectivity index (χ1v) is 8.22. The predicted molar refractivity (Wildman–Crippen MR) is 98.7 cm³/mol. The summed E-state index contributed by atoms with van der Waals surface area (Å²) in [7, 11) is 0. The Morgan fingerprint density at radius 3 is 2.24 bits per heavy atom. The molecule has 0 aliphatic rings. The van der Waals surface area contributed by atoms with Gasteiger partial charge in [-0.1, -0.05) is 42.5 Å². The van der Waals surface area contributed by atoms with E-state index in [0.29, 0.717) is 17.7 Å². The molecule has 4 nitrogen and oxygen atoms in total. The summed E-state index contributed by atoms with van der Waals surface area (Å²) in [6.45, 7) is 1.50. The Labute approximate surface area is 147 Å². The summed E-state index contributed by atoms with van der Waals surface area (Å²) in [5, 5.41) is 2.92. The van der Waals surface area contributed by atoms with Crippen molar-refractivity contribution in [3.63, 3.8) is 0 Å². The number of hydrogen-bond donors (Lipinski definition) is 1. The second kappa shape index (κ2) is 7.62. The first kappa shape index (κ1) is 16.7. The van der Waals surface area contributed by atoms with Crippen LogP contribution >= 0.6 is 0 Å². The van der Waals surface area contributed by atoms with E-state index >= 15 is 0 Å². The van der Waals surface area contributed by atoms with Gasteiger partial charge in [-0.3, -0.25) is 9.59 Å². The second-order valence-electron chi connectivity index (χ2n) is 5.93. The van der Waals surface area contributed by atoms with E-state index in [-0.39, 0.29) is 11.7 Å². The summed E-state index contributed by atoms with van der Waals surface area (Å²) in [4.78, 5) is 24.7. The lowest BCUT2D eigenvalue weighted by molar-refractivity contribution is -0.119. The van der Waals surface area contributed by atoms with E-state index in [4.69, 9.17) is 0 Å². The number of hydrogen-bond acceptors (Lipinski definition) is 2. The number of nitrogens with one attached hydrogen (secondary N) is 1. The zero-order valence-corrected chi connectivity index (χ0v) is 14.1. The number of Topliss-reactive ketones (excluding diaryl/α,β-unsaturated/α-hetero) is 1. The van der Waals surface area contributed by atoms with Crippen molar-refractivity contribution in [2.75, 3.05) is 5.32 Å². The third-order valence-corrected chi connectivity index (χ3v) is 4.13. The number of carbonyl (C=O) groups is 2. The molecule has 0 saturated heterocycles. The van der Waals surface area contributed by atoms with Gasteiger partial charge in [0, 0.05) is 24.4 Å². The van der Waals surface area contributed by atoms with E-state index in [1.807, 2.05) is 65.5 Å². The van der Waals surface area contributed by atoms with E-state index in [9.17, 15) is 9.59 Å². The van der Waals surface area contributed by atoms with Crippen LogP contribution in [0.15, 0.2) is 79.1 Å². The van der Waals surface area contributed by atoms with E-state index < -0.39 is 6.04 Å². The van der Waals surface area contributed by atoms with Gasteiger partial charge in [-0.25, -0.2) is 0 Å². The van der Waals surface area contributed by atoms with Gasteiger partial charge in [-0.15, -0.1) is 0 Å². The molecule has 1 amide bonds. The molecule has 1 atom stereocenters. The van der Waals surface area contributed by atoms with E-state index in [1.54, 1.807) is 18.2 Å². The second-order valence-corrected chi connectivity index (χ2v) is 5.93. The molecule has 1 unspecified atom stereocenters. The number of aromatic nitrogens is 1. The van der Waals surface area contributed by atoms with Crippen molar-refractivity contribution in [1.29, 1.82) is 0 Å². The van der Waals surface area contributed by atoms with Gasteiger partial charge in [0.15, 0.2) is 5.78 Å². The molecule has 0 bridgehead atoms. The summed E-state index contributed by atoms with van der Waals surface area (Å²) in [5.41, 5.74) is 2.14. The van der Waals surface area contributed by atoms with Crippen molar-refractivity contribution < 1.29 is 9.59 Å². The van der Waals surface area contributed by atoms with Crippen LogP contribution in [0, 0.1) is 0 Å². The van der Waals surface area contributed by atoms with Gasteiger partial charge in [0.1, 0.15) is 6.04 Å². The van der Waals surface area contributed by atoms with Crippen LogP contribution in [-0.2, 0) is 11.2 Å². The molecule has 126 valence electrons. The molecule has 25 heavy (non-hydrogen) atoms.